The largest absolute Gasteiger partial charge is 0.251 e. The molecule has 0 atom stereocenters. The summed E-state index contributed by atoms with van der Waals surface area (Å²) in [6.07, 6.45) is 0.463. The van der Waals surface area contributed by atoms with Gasteiger partial charge >= 0.3 is 0 Å². The van der Waals surface area contributed by atoms with E-state index in [-0.39, 0.29) is 24.0 Å². The standard InChI is InChI=1S/C21H16F4/c22-10-4-5-14-11-19(24)21(20(25)12-14)16-8-9-17(18(23)13-16)15-6-2-1-3-7-15/h1-3,6-9,11-13H,4-5,10H2. The molecule has 0 N–H and O–H groups in total. The van der Waals surface area contributed by atoms with Crippen LogP contribution in [0.5, 0.6) is 0 Å². The van der Waals surface area contributed by atoms with E-state index in [2.05, 4.69) is 0 Å². The van der Waals surface area contributed by atoms with Gasteiger partial charge in [0.05, 0.1) is 12.2 Å². The molecule has 0 nitrogen and oxygen atoms in total. The Morgan fingerprint density at radius 2 is 1.36 bits per heavy atom. The lowest BCUT2D eigenvalue weighted by Crippen LogP contribution is -1.96. The summed E-state index contributed by atoms with van der Waals surface area (Å²) in [6, 6.07) is 15.4. The molecule has 0 aliphatic carbocycles. The summed E-state index contributed by atoms with van der Waals surface area (Å²) in [6.45, 7) is -0.544. The second kappa shape index (κ2) is 7.51. The fourth-order valence-electron chi connectivity index (χ4n) is 2.84. The Morgan fingerprint density at radius 3 is 1.96 bits per heavy atom. The molecule has 0 aliphatic heterocycles. The molecular weight excluding hydrogens is 328 g/mol. The lowest BCUT2D eigenvalue weighted by atomic mass is 9.97. The highest BCUT2D eigenvalue weighted by atomic mass is 19.1. The van der Waals surface area contributed by atoms with Gasteiger partial charge in [-0.1, -0.05) is 42.5 Å². The summed E-state index contributed by atoms with van der Waals surface area (Å²) in [5.74, 6) is -2.11. The van der Waals surface area contributed by atoms with Crippen LogP contribution in [0.1, 0.15) is 12.0 Å². The van der Waals surface area contributed by atoms with Gasteiger partial charge < -0.3 is 0 Å². The minimum absolute atomic E-state index is 0.129. The molecular formula is C21H16F4. The van der Waals surface area contributed by atoms with Gasteiger partial charge in [0.25, 0.3) is 0 Å². The smallest absolute Gasteiger partial charge is 0.134 e. The zero-order valence-electron chi connectivity index (χ0n) is 13.4. The first kappa shape index (κ1) is 17.2. The predicted molar refractivity (Wildman–Crippen MR) is 91.5 cm³/mol. The first-order chi connectivity index (χ1) is 12.1. The van der Waals surface area contributed by atoms with Gasteiger partial charge in [0.15, 0.2) is 0 Å². The van der Waals surface area contributed by atoms with Gasteiger partial charge in [-0.25, -0.2) is 13.2 Å². The fourth-order valence-corrected chi connectivity index (χ4v) is 2.84. The Bertz CT molecular complexity index is 849. The summed E-state index contributed by atoms with van der Waals surface area (Å²) in [4.78, 5) is 0. The van der Waals surface area contributed by atoms with Crippen LogP contribution in [0.4, 0.5) is 17.6 Å². The molecule has 3 aromatic carbocycles. The van der Waals surface area contributed by atoms with Gasteiger partial charge in [-0.15, -0.1) is 0 Å². The van der Waals surface area contributed by atoms with Crippen molar-refractivity contribution in [3.8, 4) is 22.3 Å². The second-order valence-electron chi connectivity index (χ2n) is 5.79. The van der Waals surface area contributed by atoms with E-state index in [4.69, 9.17) is 0 Å². The van der Waals surface area contributed by atoms with Crippen molar-refractivity contribution in [2.75, 3.05) is 6.67 Å². The molecule has 3 aromatic rings. The Morgan fingerprint density at radius 1 is 0.680 bits per heavy atom. The second-order valence-corrected chi connectivity index (χ2v) is 5.79. The van der Waals surface area contributed by atoms with E-state index in [0.29, 0.717) is 16.7 Å². The number of alkyl halides is 1. The summed E-state index contributed by atoms with van der Waals surface area (Å²) < 4.78 is 55.3. The molecule has 4 heteroatoms. The minimum Gasteiger partial charge on any atom is -0.251 e. The monoisotopic (exact) mass is 344 g/mol. The van der Waals surface area contributed by atoms with Crippen LogP contribution < -0.4 is 0 Å². The molecule has 3 rings (SSSR count). The number of aryl methyl sites for hydroxylation is 1. The van der Waals surface area contributed by atoms with Gasteiger partial charge in [-0.2, -0.15) is 0 Å². The van der Waals surface area contributed by atoms with Crippen molar-refractivity contribution in [1.29, 1.82) is 0 Å². The van der Waals surface area contributed by atoms with E-state index >= 15 is 0 Å². The summed E-state index contributed by atoms with van der Waals surface area (Å²) >= 11 is 0. The molecule has 25 heavy (non-hydrogen) atoms. The lowest BCUT2D eigenvalue weighted by Gasteiger charge is -2.10. The molecule has 0 heterocycles. The summed E-state index contributed by atoms with van der Waals surface area (Å²) in [7, 11) is 0. The molecule has 0 spiro atoms. The third-order valence-electron chi connectivity index (χ3n) is 4.04. The van der Waals surface area contributed by atoms with Crippen LogP contribution in [0.25, 0.3) is 22.3 Å². The number of benzene rings is 3. The van der Waals surface area contributed by atoms with Crippen LogP contribution in [-0.2, 0) is 6.42 Å². The number of hydrogen-bond donors (Lipinski definition) is 0. The van der Waals surface area contributed by atoms with Crippen molar-refractivity contribution in [2.24, 2.45) is 0 Å². The highest BCUT2D eigenvalue weighted by Crippen LogP contribution is 2.31. The molecule has 0 fully saturated rings. The average molecular weight is 344 g/mol. The molecule has 0 unspecified atom stereocenters. The number of hydrogen-bond acceptors (Lipinski definition) is 0. The maximum atomic E-state index is 14.4. The van der Waals surface area contributed by atoms with E-state index in [9.17, 15) is 17.6 Å². The molecule has 128 valence electrons. The fraction of sp³-hybridized carbons (Fsp3) is 0.143. The van der Waals surface area contributed by atoms with Gasteiger partial charge in [-0.05, 0) is 47.7 Å². The van der Waals surface area contributed by atoms with E-state index < -0.39 is 24.1 Å². The topological polar surface area (TPSA) is 0 Å². The van der Waals surface area contributed by atoms with Crippen LogP contribution in [0.15, 0.2) is 60.7 Å². The average Bonchev–Trinajstić information content (AvgIpc) is 2.60. The highest BCUT2D eigenvalue weighted by molar-refractivity contribution is 5.71. The minimum atomic E-state index is -0.777. The van der Waals surface area contributed by atoms with Gasteiger partial charge in [-0.3, -0.25) is 4.39 Å². The molecule has 0 bridgehead atoms. The molecule has 0 aliphatic rings. The first-order valence-electron chi connectivity index (χ1n) is 7.99. The van der Waals surface area contributed by atoms with Crippen molar-refractivity contribution in [3.05, 3.63) is 83.7 Å². The Kier molecular flexibility index (Phi) is 5.17. The van der Waals surface area contributed by atoms with Crippen LogP contribution >= 0.6 is 0 Å². The van der Waals surface area contributed by atoms with E-state index in [1.807, 2.05) is 6.07 Å². The van der Waals surface area contributed by atoms with Crippen LogP contribution in [0.3, 0.4) is 0 Å². The maximum absolute atomic E-state index is 14.4. The number of rotatable bonds is 5. The van der Waals surface area contributed by atoms with Crippen LogP contribution in [0, 0.1) is 17.5 Å². The Balaban J connectivity index is 1.99. The summed E-state index contributed by atoms with van der Waals surface area (Å²) in [5.41, 5.74) is 1.29. The first-order valence-corrected chi connectivity index (χ1v) is 7.99. The van der Waals surface area contributed by atoms with Gasteiger partial charge in [0.1, 0.15) is 17.5 Å². The maximum Gasteiger partial charge on any atom is 0.134 e. The third kappa shape index (κ3) is 3.73. The van der Waals surface area contributed by atoms with Gasteiger partial charge in [0, 0.05) is 5.56 Å². The van der Waals surface area contributed by atoms with Crippen molar-refractivity contribution < 1.29 is 17.6 Å². The lowest BCUT2D eigenvalue weighted by molar-refractivity contribution is 0.472. The summed E-state index contributed by atoms with van der Waals surface area (Å²) in [5, 5.41) is 0. The third-order valence-corrected chi connectivity index (χ3v) is 4.04. The number of halogens is 4. The highest BCUT2D eigenvalue weighted by Gasteiger charge is 2.15. The van der Waals surface area contributed by atoms with Crippen molar-refractivity contribution in [2.45, 2.75) is 12.8 Å². The quantitative estimate of drug-likeness (QED) is 0.474. The zero-order chi connectivity index (χ0) is 17.8. The molecule has 0 saturated carbocycles. The SMILES string of the molecule is FCCCc1cc(F)c(-c2ccc(-c3ccccc3)c(F)c2)c(F)c1. The van der Waals surface area contributed by atoms with E-state index in [1.165, 1.54) is 24.3 Å². The molecule has 0 saturated heterocycles. The van der Waals surface area contributed by atoms with E-state index in [0.717, 1.165) is 6.07 Å². The zero-order valence-corrected chi connectivity index (χ0v) is 13.4. The molecule has 0 amide bonds. The van der Waals surface area contributed by atoms with Crippen molar-refractivity contribution in [1.82, 2.24) is 0 Å². The van der Waals surface area contributed by atoms with Crippen molar-refractivity contribution in [3.63, 3.8) is 0 Å². The van der Waals surface area contributed by atoms with Crippen molar-refractivity contribution >= 4 is 0 Å². The van der Waals surface area contributed by atoms with E-state index in [1.54, 1.807) is 24.3 Å². The van der Waals surface area contributed by atoms with Gasteiger partial charge in [0.2, 0.25) is 0 Å². The Hall–Kier alpha value is -2.62. The van der Waals surface area contributed by atoms with Crippen LogP contribution in [-0.4, -0.2) is 6.67 Å². The van der Waals surface area contributed by atoms with Crippen LogP contribution in [0.2, 0.25) is 0 Å². The normalized spacial score (nSPS) is 10.9. The molecule has 0 radical (unpaired) electrons. The Labute approximate surface area is 143 Å². The predicted octanol–water partition coefficient (Wildman–Crippen LogP) is 6.34. The molecule has 0 aromatic heterocycles.